The summed E-state index contributed by atoms with van der Waals surface area (Å²) in [5, 5.41) is 2.97. The van der Waals surface area contributed by atoms with Crippen LogP contribution in [0.2, 0.25) is 0 Å². The second kappa shape index (κ2) is 13.3. The fourth-order valence-corrected chi connectivity index (χ4v) is 4.70. The van der Waals surface area contributed by atoms with Crippen molar-refractivity contribution in [2.75, 3.05) is 31.5 Å². The summed E-state index contributed by atoms with van der Waals surface area (Å²) >= 11 is 0. The van der Waals surface area contributed by atoms with Crippen LogP contribution in [0.15, 0.2) is 60.7 Å². The van der Waals surface area contributed by atoms with E-state index in [2.05, 4.69) is 5.32 Å². The first-order chi connectivity index (χ1) is 16.6. The van der Waals surface area contributed by atoms with Gasteiger partial charge in [-0.05, 0) is 43.9 Å². The minimum Gasteiger partial charge on any atom is -0.352 e. The molecule has 0 saturated heterocycles. The molecule has 8 nitrogen and oxygen atoms in total. The lowest BCUT2D eigenvalue weighted by molar-refractivity contribution is -0.139. The minimum absolute atomic E-state index is 0.0300. The molecule has 192 valence electrons. The van der Waals surface area contributed by atoms with Crippen LogP contribution in [0.3, 0.4) is 0 Å². The first-order valence-corrected chi connectivity index (χ1v) is 13.4. The van der Waals surface area contributed by atoms with Gasteiger partial charge >= 0.3 is 10.2 Å². The first-order valence-electron chi connectivity index (χ1n) is 12.0. The van der Waals surface area contributed by atoms with Crippen LogP contribution in [0.1, 0.15) is 39.2 Å². The predicted octanol–water partition coefficient (Wildman–Crippen LogP) is 3.06. The normalized spacial score (nSPS) is 13.2. The van der Waals surface area contributed by atoms with Crippen molar-refractivity contribution in [2.24, 2.45) is 0 Å². The summed E-state index contributed by atoms with van der Waals surface area (Å²) in [4.78, 5) is 28.3. The predicted molar refractivity (Wildman–Crippen MR) is 140 cm³/mol. The first kappa shape index (κ1) is 28.3. The van der Waals surface area contributed by atoms with E-state index in [9.17, 15) is 18.0 Å². The van der Waals surface area contributed by atoms with Crippen LogP contribution in [0.25, 0.3) is 0 Å². The van der Waals surface area contributed by atoms with E-state index in [0.29, 0.717) is 25.1 Å². The Kier molecular flexibility index (Phi) is 10.7. The molecule has 35 heavy (non-hydrogen) atoms. The number of hydrogen-bond acceptors (Lipinski definition) is 4. The maximum absolute atomic E-state index is 13.7. The van der Waals surface area contributed by atoms with Crippen molar-refractivity contribution in [1.29, 1.82) is 0 Å². The zero-order valence-electron chi connectivity index (χ0n) is 21.3. The van der Waals surface area contributed by atoms with Crippen molar-refractivity contribution in [3.05, 3.63) is 66.2 Å². The Morgan fingerprint density at radius 2 is 1.49 bits per heavy atom. The third-order valence-electron chi connectivity index (χ3n) is 5.93. The standard InChI is InChI=1S/C26H38N4O4S/c1-6-21(3)27-26(32)24(7-2)29(19-18-22-14-10-8-11-15-22)25(31)20-30(35(33,34)28(4)5)23-16-12-9-13-17-23/h8-17,21,24H,6-7,18-20H2,1-5H3,(H,27,32)/t21-,24-/m0/s1. The highest BCUT2D eigenvalue weighted by Gasteiger charge is 2.33. The summed E-state index contributed by atoms with van der Waals surface area (Å²) < 4.78 is 28.4. The summed E-state index contributed by atoms with van der Waals surface area (Å²) in [5.41, 5.74) is 1.41. The zero-order chi connectivity index (χ0) is 26.0. The van der Waals surface area contributed by atoms with Crippen molar-refractivity contribution in [2.45, 2.75) is 52.1 Å². The van der Waals surface area contributed by atoms with Gasteiger partial charge in [0, 0.05) is 26.7 Å². The van der Waals surface area contributed by atoms with Crippen molar-refractivity contribution in [3.63, 3.8) is 0 Å². The number of carbonyl (C=O) groups is 2. The van der Waals surface area contributed by atoms with E-state index >= 15 is 0 Å². The molecular formula is C26H38N4O4S. The quantitative estimate of drug-likeness (QED) is 0.456. The van der Waals surface area contributed by atoms with Gasteiger partial charge in [0.2, 0.25) is 11.8 Å². The van der Waals surface area contributed by atoms with Gasteiger partial charge in [-0.3, -0.25) is 9.59 Å². The second-order valence-electron chi connectivity index (χ2n) is 8.70. The topological polar surface area (TPSA) is 90.0 Å². The van der Waals surface area contributed by atoms with Crippen LogP contribution >= 0.6 is 0 Å². The summed E-state index contributed by atoms with van der Waals surface area (Å²) in [5.74, 6) is -0.661. The molecule has 0 aliphatic heterocycles. The van der Waals surface area contributed by atoms with Gasteiger partial charge in [-0.25, -0.2) is 4.31 Å². The molecule has 2 atom stereocenters. The Hall–Kier alpha value is -2.91. The minimum atomic E-state index is -3.94. The average molecular weight is 503 g/mol. The van der Waals surface area contributed by atoms with Crippen molar-refractivity contribution < 1.29 is 18.0 Å². The number of anilines is 1. The summed E-state index contributed by atoms with van der Waals surface area (Å²) in [6.07, 6.45) is 1.73. The highest BCUT2D eigenvalue weighted by molar-refractivity contribution is 7.90. The van der Waals surface area contributed by atoms with Crippen LogP contribution in [0.4, 0.5) is 5.69 Å². The molecule has 0 radical (unpaired) electrons. The molecule has 0 aliphatic carbocycles. The largest absolute Gasteiger partial charge is 0.352 e. The lowest BCUT2D eigenvalue weighted by Gasteiger charge is -2.34. The highest BCUT2D eigenvalue weighted by Crippen LogP contribution is 2.20. The molecule has 0 bridgehead atoms. The number of benzene rings is 2. The molecule has 2 rings (SSSR count). The molecule has 1 N–H and O–H groups in total. The van der Waals surface area contributed by atoms with E-state index in [-0.39, 0.29) is 11.9 Å². The number of hydrogen-bond donors (Lipinski definition) is 1. The molecule has 9 heteroatoms. The molecule has 0 saturated carbocycles. The smallest absolute Gasteiger partial charge is 0.304 e. The molecule has 0 aliphatic rings. The fraction of sp³-hybridized carbons (Fsp3) is 0.462. The van der Waals surface area contributed by atoms with Gasteiger partial charge < -0.3 is 10.2 Å². The highest BCUT2D eigenvalue weighted by atomic mass is 32.2. The lowest BCUT2D eigenvalue weighted by Crippen LogP contribution is -2.55. The van der Waals surface area contributed by atoms with Crippen LogP contribution in [0.5, 0.6) is 0 Å². The van der Waals surface area contributed by atoms with Crippen LogP contribution in [-0.4, -0.2) is 68.7 Å². The molecule has 0 unspecified atom stereocenters. The number of carbonyl (C=O) groups excluding carboxylic acids is 2. The van der Waals surface area contributed by atoms with Gasteiger partial charge in [-0.2, -0.15) is 12.7 Å². The molecule has 0 fully saturated rings. The van der Waals surface area contributed by atoms with Gasteiger partial charge in [-0.15, -0.1) is 0 Å². The summed E-state index contributed by atoms with van der Waals surface area (Å²) in [6, 6.07) is 17.5. The number of amides is 2. The fourth-order valence-electron chi connectivity index (χ4n) is 3.65. The van der Waals surface area contributed by atoms with Gasteiger partial charge in [0.1, 0.15) is 12.6 Å². The van der Waals surface area contributed by atoms with E-state index in [1.54, 1.807) is 30.3 Å². The summed E-state index contributed by atoms with van der Waals surface area (Å²) in [6.45, 7) is 5.64. The Balaban J connectivity index is 2.39. The van der Waals surface area contributed by atoms with Gasteiger partial charge in [0.05, 0.1) is 5.69 Å². The van der Waals surface area contributed by atoms with Crippen LogP contribution < -0.4 is 9.62 Å². The lowest BCUT2D eigenvalue weighted by atomic mass is 10.1. The summed E-state index contributed by atoms with van der Waals surface area (Å²) in [7, 11) is -1.09. The second-order valence-corrected chi connectivity index (χ2v) is 10.8. The Morgan fingerprint density at radius 1 is 0.914 bits per heavy atom. The monoisotopic (exact) mass is 502 g/mol. The molecule has 0 spiro atoms. The maximum Gasteiger partial charge on any atom is 0.304 e. The van der Waals surface area contributed by atoms with E-state index in [0.717, 1.165) is 20.6 Å². The Labute approximate surface area is 210 Å². The van der Waals surface area contributed by atoms with Gasteiger partial charge in [-0.1, -0.05) is 62.4 Å². The van der Waals surface area contributed by atoms with Crippen molar-refractivity contribution in [3.8, 4) is 0 Å². The SMILES string of the molecule is CC[C@H](C)NC(=O)[C@H](CC)N(CCc1ccccc1)C(=O)CN(c1ccccc1)S(=O)(=O)N(C)C. The molecule has 0 aromatic heterocycles. The number of nitrogens with one attached hydrogen (secondary N) is 1. The average Bonchev–Trinajstić information content (AvgIpc) is 2.85. The third-order valence-corrected chi connectivity index (χ3v) is 7.75. The van der Waals surface area contributed by atoms with E-state index in [1.807, 2.05) is 51.1 Å². The molecule has 2 aromatic rings. The van der Waals surface area contributed by atoms with Crippen LogP contribution in [0, 0.1) is 0 Å². The third kappa shape index (κ3) is 7.80. The number of nitrogens with zero attached hydrogens (tertiary/aromatic N) is 3. The zero-order valence-corrected chi connectivity index (χ0v) is 22.2. The Morgan fingerprint density at radius 3 is 2.00 bits per heavy atom. The maximum atomic E-state index is 13.7. The van der Waals surface area contributed by atoms with Crippen LogP contribution in [-0.2, 0) is 26.2 Å². The van der Waals surface area contributed by atoms with Gasteiger partial charge in [0.15, 0.2) is 0 Å². The van der Waals surface area contributed by atoms with Gasteiger partial charge in [0.25, 0.3) is 0 Å². The Bertz CT molecular complexity index is 1050. The number of rotatable bonds is 13. The molecule has 2 aromatic carbocycles. The molecule has 0 heterocycles. The molecular weight excluding hydrogens is 464 g/mol. The number of para-hydroxylation sites is 1. The van der Waals surface area contributed by atoms with E-state index < -0.39 is 28.7 Å². The van der Waals surface area contributed by atoms with E-state index in [4.69, 9.17) is 0 Å². The van der Waals surface area contributed by atoms with E-state index in [1.165, 1.54) is 19.0 Å². The van der Waals surface area contributed by atoms with Crippen molar-refractivity contribution in [1.82, 2.24) is 14.5 Å². The molecule has 2 amide bonds. The van der Waals surface area contributed by atoms with Crippen molar-refractivity contribution >= 4 is 27.7 Å².